The molecule has 0 fully saturated rings. The molecule has 0 saturated carbocycles. The van der Waals surface area contributed by atoms with Crippen molar-refractivity contribution in [1.29, 1.82) is 0 Å². The molecule has 1 aliphatic carbocycles. The maximum Gasteiger partial charge on any atom is 0.248 e. The lowest BCUT2D eigenvalue weighted by Gasteiger charge is -2.18. The van der Waals surface area contributed by atoms with E-state index in [0.29, 0.717) is 18.2 Å². The summed E-state index contributed by atoms with van der Waals surface area (Å²) in [5.74, 6) is 0.943. The fourth-order valence-electron chi connectivity index (χ4n) is 2.47. The van der Waals surface area contributed by atoms with E-state index in [0.717, 1.165) is 17.4 Å². The molecule has 0 amide bonds. The largest absolute Gasteiger partial charge is 0.416 e. The molecule has 0 N–H and O–H groups in total. The van der Waals surface area contributed by atoms with Gasteiger partial charge < -0.3 is 9.21 Å². The van der Waals surface area contributed by atoms with E-state index in [1.54, 1.807) is 0 Å². The summed E-state index contributed by atoms with van der Waals surface area (Å²) >= 11 is 0. The van der Waals surface area contributed by atoms with Crippen LogP contribution in [0.25, 0.3) is 17.0 Å². The molecule has 0 bridgehead atoms. The highest BCUT2D eigenvalue weighted by Crippen LogP contribution is 2.28. The van der Waals surface area contributed by atoms with E-state index in [1.807, 2.05) is 30.4 Å². The SMILES string of the molecule is CC(C)(C)c1ccc(-c2nnc(C3=CCC(C=O)C=C3)o2)cc1. The maximum atomic E-state index is 10.8. The number of rotatable bonds is 3. The number of carbonyl (C=O) groups is 1. The summed E-state index contributed by atoms with van der Waals surface area (Å²) in [6, 6.07) is 8.19. The van der Waals surface area contributed by atoms with E-state index < -0.39 is 0 Å². The number of carbonyl (C=O) groups excluding carboxylic acids is 1. The Morgan fingerprint density at radius 1 is 1.13 bits per heavy atom. The number of nitrogens with zero attached hydrogens (tertiary/aromatic N) is 2. The number of aromatic nitrogens is 2. The molecule has 0 saturated heterocycles. The van der Waals surface area contributed by atoms with Gasteiger partial charge in [-0.05, 0) is 29.5 Å². The van der Waals surface area contributed by atoms with Crippen LogP contribution in [-0.4, -0.2) is 16.5 Å². The Kier molecular flexibility index (Phi) is 3.99. The zero-order valence-electron chi connectivity index (χ0n) is 13.6. The fraction of sp³-hybridized carbons (Fsp3) is 0.316. The highest BCUT2D eigenvalue weighted by atomic mass is 16.4. The molecule has 1 heterocycles. The van der Waals surface area contributed by atoms with Crippen molar-refractivity contribution in [1.82, 2.24) is 10.2 Å². The fourth-order valence-corrected chi connectivity index (χ4v) is 2.47. The molecule has 0 spiro atoms. The van der Waals surface area contributed by atoms with Crippen molar-refractivity contribution >= 4 is 11.9 Å². The van der Waals surface area contributed by atoms with Gasteiger partial charge in [0.05, 0.1) is 0 Å². The number of benzene rings is 1. The van der Waals surface area contributed by atoms with E-state index in [1.165, 1.54) is 5.56 Å². The maximum absolute atomic E-state index is 10.8. The first-order valence-corrected chi connectivity index (χ1v) is 7.76. The van der Waals surface area contributed by atoms with E-state index >= 15 is 0 Å². The third kappa shape index (κ3) is 3.31. The molecule has 1 aromatic heterocycles. The van der Waals surface area contributed by atoms with Gasteiger partial charge in [-0.25, -0.2) is 0 Å². The molecule has 3 rings (SSSR count). The van der Waals surface area contributed by atoms with Crippen LogP contribution in [0.15, 0.2) is 46.9 Å². The van der Waals surface area contributed by atoms with Crippen LogP contribution in [0, 0.1) is 5.92 Å². The first kappa shape index (κ1) is 15.4. The summed E-state index contributed by atoms with van der Waals surface area (Å²) in [7, 11) is 0. The molecule has 2 aromatic rings. The minimum Gasteiger partial charge on any atom is -0.416 e. The van der Waals surface area contributed by atoms with Gasteiger partial charge in [0.25, 0.3) is 0 Å². The molecule has 0 aliphatic heterocycles. The first-order chi connectivity index (χ1) is 11.0. The van der Waals surface area contributed by atoms with Crippen molar-refractivity contribution in [2.75, 3.05) is 0 Å². The summed E-state index contributed by atoms with van der Waals surface area (Å²) in [5, 5.41) is 8.25. The number of allylic oxidation sites excluding steroid dienone is 4. The van der Waals surface area contributed by atoms with Crippen LogP contribution in [-0.2, 0) is 10.2 Å². The Balaban J connectivity index is 1.81. The summed E-state index contributed by atoms with van der Waals surface area (Å²) < 4.78 is 5.77. The minimum absolute atomic E-state index is 0.0499. The van der Waals surface area contributed by atoms with Gasteiger partial charge in [0.15, 0.2) is 0 Å². The predicted molar refractivity (Wildman–Crippen MR) is 89.7 cm³/mol. The Bertz CT molecular complexity index is 761. The van der Waals surface area contributed by atoms with E-state index in [-0.39, 0.29) is 11.3 Å². The third-order valence-electron chi connectivity index (χ3n) is 3.98. The van der Waals surface area contributed by atoms with Crippen LogP contribution < -0.4 is 0 Å². The zero-order chi connectivity index (χ0) is 16.4. The Labute approximate surface area is 135 Å². The van der Waals surface area contributed by atoms with Gasteiger partial charge in [-0.3, -0.25) is 0 Å². The van der Waals surface area contributed by atoms with Crippen LogP contribution in [0.2, 0.25) is 0 Å². The van der Waals surface area contributed by atoms with Crippen molar-refractivity contribution in [2.45, 2.75) is 32.6 Å². The van der Waals surface area contributed by atoms with Gasteiger partial charge in [-0.15, -0.1) is 10.2 Å². The Morgan fingerprint density at radius 2 is 1.83 bits per heavy atom. The molecule has 4 nitrogen and oxygen atoms in total. The lowest BCUT2D eigenvalue weighted by molar-refractivity contribution is -0.109. The van der Waals surface area contributed by atoms with E-state index in [2.05, 4.69) is 43.1 Å². The number of hydrogen-bond donors (Lipinski definition) is 0. The predicted octanol–water partition coefficient (Wildman–Crippen LogP) is 4.19. The molecule has 1 atom stereocenters. The monoisotopic (exact) mass is 308 g/mol. The van der Waals surface area contributed by atoms with Gasteiger partial charge in [0.1, 0.15) is 6.29 Å². The zero-order valence-corrected chi connectivity index (χ0v) is 13.6. The van der Waals surface area contributed by atoms with E-state index in [9.17, 15) is 4.79 Å². The molecule has 1 unspecified atom stereocenters. The lowest BCUT2D eigenvalue weighted by Crippen LogP contribution is -2.10. The summed E-state index contributed by atoms with van der Waals surface area (Å²) in [6.07, 6.45) is 7.30. The average molecular weight is 308 g/mol. The van der Waals surface area contributed by atoms with Crippen molar-refractivity contribution in [3.05, 3.63) is 53.9 Å². The lowest BCUT2D eigenvalue weighted by atomic mass is 9.87. The second kappa shape index (κ2) is 5.95. The number of hydrogen-bond acceptors (Lipinski definition) is 4. The van der Waals surface area contributed by atoms with Crippen molar-refractivity contribution in [3.8, 4) is 11.5 Å². The second-order valence-corrected chi connectivity index (χ2v) is 6.79. The molecular weight excluding hydrogens is 288 g/mol. The molecular formula is C19H20N2O2. The molecule has 23 heavy (non-hydrogen) atoms. The smallest absolute Gasteiger partial charge is 0.248 e. The molecule has 1 aromatic carbocycles. The van der Waals surface area contributed by atoms with Crippen LogP contribution in [0.4, 0.5) is 0 Å². The van der Waals surface area contributed by atoms with Crippen LogP contribution in [0.1, 0.15) is 38.6 Å². The standard InChI is InChI=1S/C19H20N2O2/c1-19(2,3)16-10-8-15(9-11-16)18-21-20-17(23-18)14-6-4-13(12-22)5-7-14/h4,6-13H,5H2,1-3H3. The normalized spacial score (nSPS) is 17.9. The van der Waals surface area contributed by atoms with Gasteiger partial charge in [-0.2, -0.15) is 0 Å². The molecule has 118 valence electrons. The Morgan fingerprint density at radius 3 is 2.39 bits per heavy atom. The third-order valence-corrected chi connectivity index (χ3v) is 3.98. The van der Waals surface area contributed by atoms with Crippen molar-refractivity contribution < 1.29 is 9.21 Å². The highest BCUT2D eigenvalue weighted by molar-refractivity contribution is 5.73. The van der Waals surface area contributed by atoms with Gasteiger partial charge in [-0.1, -0.05) is 51.1 Å². The van der Waals surface area contributed by atoms with Crippen molar-refractivity contribution in [3.63, 3.8) is 0 Å². The van der Waals surface area contributed by atoms with E-state index in [4.69, 9.17) is 4.42 Å². The minimum atomic E-state index is -0.0499. The molecule has 1 aliphatic rings. The molecule has 0 radical (unpaired) electrons. The van der Waals surface area contributed by atoms with Crippen LogP contribution >= 0.6 is 0 Å². The first-order valence-electron chi connectivity index (χ1n) is 7.76. The average Bonchev–Trinajstić information content (AvgIpc) is 3.04. The topological polar surface area (TPSA) is 56.0 Å². The summed E-state index contributed by atoms with van der Waals surface area (Å²) in [5.41, 5.74) is 3.15. The highest BCUT2D eigenvalue weighted by Gasteiger charge is 2.16. The number of aldehydes is 1. The van der Waals surface area contributed by atoms with Gasteiger partial charge in [0, 0.05) is 17.1 Å². The van der Waals surface area contributed by atoms with Crippen LogP contribution in [0.5, 0.6) is 0 Å². The summed E-state index contributed by atoms with van der Waals surface area (Å²) in [6.45, 7) is 6.55. The molecule has 4 heteroatoms. The van der Waals surface area contributed by atoms with Gasteiger partial charge >= 0.3 is 0 Å². The van der Waals surface area contributed by atoms with Crippen molar-refractivity contribution in [2.24, 2.45) is 5.92 Å². The quantitative estimate of drug-likeness (QED) is 0.798. The Hall–Kier alpha value is -2.49. The van der Waals surface area contributed by atoms with Crippen LogP contribution in [0.3, 0.4) is 0 Å². The summed E-state index contributed by atoms with van der Waals surface area (Å²) in [4.78, 5) is 10.8. The second-order valence-electron chi connectivity index (χ2n) is 6.79. The van der Waals surface area contributed by atoms with Gasteiger partial charge in [0.2, 0.25) is 11.8 Å².